The lowest BCUT2D eigenvalue weighted by Gasteiger charge is -2.43. The predicted molar refractivity (Wildman–Crippen MR) is 79.8 cm³/mol. The van der Waals surface area contributed by atoms with E-state index in [1.165, 1.54) is 0 Å². The molecule has 3 nitrogen and oxygen atoms in total. The van der Waals surface area contributed by atoms with Gasteiger partial charge in [0.1, 0.15) is 6.07 Å². The monoisotopic (exact) mass is 276 g/mol. The first-order valence-corrected chi connectivity index (χ1v) is 7.69. The van der Waals surface area contributed by atoms with E-state index in [2.05, 4.69) is 31.7 Å². The summed E-state index contributed by atoms with van der Waals surface area (Å²) in [6.07, 6.45) is 2.18. The van der Waals surface area contributed by atoms with Gasteiger partial charge in [0.25, 0.3) is 0 Å². The van der Waals surface area contributed by atoms with Crippen molar-refractivity contribution in [1.29, 1.82) is 5.26 Å². The lowest BCUT2D eigenvalue weighted by molar-refractivity contribution is -0.0749. The largest absolute Gasteiger partial charge is 0.369 e. The minimum absolute atomic E-state index is 0.174. The molecule has 19 heavy (non-hydrogen) atoms. The van der Waals surface area contributed by atoms with Gasteiger partial charge in [0.05, 0.1) is 23.0 Å². The Kier molecular flexibility index (Phi) is 4.07. The van der Waals surface area contributed by atoms with E-state index in [0.29, 0.717) is 0 Å². The fourth-order valence-electron chi connectivity index (χ4n) is 2.70. The molecule has 0 aliphatic carbocycles. The molecule has 0 bridgehead atoms. The molecule has 1 aromatic rings. The van der Waals surface area contributed by atoms with Crippen molar-refractivity contribution in [2.45, 2.75) is 37.4 Å². The minimum Gasteiger partial charge on any atom is -0.369 e. The normalized spacial score (nSPS) is 22.1. The number of hydrogen-bond acceptors (Lipinski definition) is 4. The van der Waals surface area contributed by atoms with Gasteiger partial charge in [-0.15, -0.1) is 11.8 Å². The lowest BCUT2D eigenvalue weighted by atomic mass is 10.0. The Morgan fingerprint density at radius 2 is 2.21 bits per heavy atom. The maximum atomic E-state index is 9.44. The summed E-state index contributed by atoms with van der Waals surface area (Å²) in [6.45, 7) is 7.92. The van der Waals surface area contributed by atoms with Crippen LogP contribution in [0, 0.1) is 11.3 Å². The van der Waals surface area contributed by atoms with Crippen molar-refractivity contribution >= 4 is 17.4 Å². The van der Waals surface area contributed by atoms with Crippen molar-refractivity contribution in [3.8, 4) is 6.07 Å². The SMILES string of the molecule is CSc1cccc(N2CC(C)OC(C)(C)C2)c1C#N. The smallest absolute Gasteiger partial charge is 0.103 e. The van der Waals surface area contributed by atoms with Crippen LogP contribution in [0.5, 0.6) is 0 Å². The van der Waals surface area contributed by atoms with Crippen molar-refractivity contribution in [3.63, 3.8) is 0 Å². The van der Waals surface area contributed by atoms with Crippen molar-refractivity contribution in [3.05, 3.63) is 23.8 Å². The molecular formula is C15H20N2OS. The molecule has 0 aromatic heterocycles. The van der Waals surface area contributed by atoms with Crippen molar-refractivity contribution < 1.29 is 4.74 Å². The zero-order chi connectivity index (χ0) is 14.0. The molecule has 0 amide bonds. The van der Waals surface area contributed by atoms with Crippen LogP contribution >= 0.6 is 11.8 Å². The van der Waals surface area contributed by atoms with E-state index >= 15 is 0 Å². The molecule has 0 radical (unpaired) electrons. The molecule has 1 aliphatic rings. The molecule has 102 valence electrons. The molecule has 1 unspecified atom stereocenters. The van der Waals surface area contributed by atoms with Gasteiger partial charge in [0.15, 0.2) is 0 Å². The predicted octanol–water partition coefficient (Wildman–Crippen LogP) is 3.28. The van der Waals surface area contributed by atoms with Gasteiger partial charge in [0.2, 0.25) is 0 Å². The topological polar surface area (TPSA) is 36.3 Å². The second-order valence-corrected chi connectivity index (χ2v) is 6.38. The summed E-state index contributed by atoms with van der Waals surface area (Å²) in [5.74, 6) is 0. The van der Waals surface area contributed by atoms with Crippen LogP contribution in [-0.4, -0.2) is 31.1 Å². The van der Waals surface area contributed by atoms with E-state index in [0.717, 1.165) is 29.2 Å². The first-order chi connectivity index (χ1) is 8.96. The molecule has 1 heterocycles. The quantitative estimate of drug-likeness (QED) is 0.777. The molecule has 2 rings (SSSR count). The van der Waals surface area contributed by atoms with Crippen LogP contribution in [0.3, 0.4) is 0 Å². The fraction of sp³-hybridized carbons (Fsp3) is 0.533. The van der Waals surface area contributed by atoms with Crippen LogP contribution in [0.15, 0.2) is 23.1 Å². The molecule has 1 fully saturated rings. The van der Waals surface area contributed by atoms with Crippen LogP contribution in [0.4, 0.5) is 5.69 Å². The average Bonchev–Trinajstić information content (AvgIpc) is 2.35. The van der Waals surface area contributed by atoms with Crippen molar-refractivity contribution in [1.82, 2.24) is 0 Å². The Labute approximate surface area is 119 Å². The number of benzene rings is 1. The Hall–Kier alpha value is -1.18. The van der Waals surface area contributed by atoms with Gasteiger partial charge in [-0.1, -0.05) is 6.07 Å². The highest BCUT2D eigenvalue weighted by Crippen LogP contribution is 2.32. The van der Waals surface area contributed by atoms with Crippen LogP contribution in [0.1, 0.15) is 26.3 Å². The van der Waals surface area contributed by atoms with E-state index in [1.54, 1.807) is 11.8 Å². The van der Waals surface area contributed by atoms with Crippen LogP contribution in [-0.2, 0) is 4.74 Å². The van der Waals surface area contributed by atoms with Crippen LogP contribution < -0.4 is 4.90 Å². The summed E-state index contributed by atoms with van der Waals surface area (Å²) in [5.41, 5.74) is 1.62. The highest BCUT2D eigenvalue weighted by atomic mass is 32.2. The molecule has 1 aromatic carbocycles. The first-order valence-electron chi connectivity index (χ1n) is 6.47. The molecule has 0 spiro atoms. The minimum atomic E-state index is -0.181. The standard InChI is InChI=1S/C15H20N2OS/c1-11-9-17(10-15(2,3)18-11)13-6-5-7-14(19-4)12(13)8-16/h5-7,11H,9-10H2,1-4H3. The Morgan fingerprint density at radius 1 is 1.47 bits per heavy atom. The van der Waals surface area contributed by atoms with E-state index < -0.39 is 0 Å². The number of thioether (sulfide) groups is 1. The lowest BCUT2D eigenvalue weighted by Crippen LogP contribution is -2.52. The molecule has 1 aliphatic heterocycles. The van der Waals surface area contributed by atoms with Crippen molar-refractivity contribution in [2.24, 2.45) is 0 Å². The first kappa shape index (κ1) is 14.2. The average molecular weight is 276 g/mol. The zero-order valence-corrected chi connectivity index (χ0v) is 12.8. The molecule has 1 atom stereocenters. The highest BCUT2D eigenvalue weighted by Gasteiger charge is 2.32. The van der Waals surface area contributed by atoms with Gasteiger partial charge in [-0.05, 0) is 39.2 Å². The molecule has 0 N–H and O–H groups in total. The number of ether oxygens (including phenoxy) is 1. The Bertz CT molecular complexity index is 507. The summed E-state index contributed by atoms with van der Waals surface area (Å²) in [7, 11) is 0. The third kappa shape index (κ3) is 3.05. The number of hydrogen-bond donors (Lipinski definition) is 0. The summed E-state index contributed by atoms with van der Waals surface area (Å²) in [6, 6.07) is 8.41. The number of rotatable bonds is 2. The van der Waals surface area contributed by atoms with Crippen LogP contribution in [0.2, 0.25) is 0 Å². The van der Waals surface area contributed by atoms with Gasteiger partial charge in [-0.2, -0.15) is 5.26 Å². The number of morpholine rings is 1. The maximum absolute atomic E-state index is 9.44. The second-order valence-electron chi connectivity index (χ2n) is 5.53. The molecule has 0 saturated carbocycles. The van der Waals surface area contributed by atoms with E-state index in [4.69, 9.17) is 4.74 Å². The number of anilines is 1. The summed E-state index contributed by atoms with van der Waals surface area (Å²) in [5, 5.41) is 9.44. The van der Waals surface area contributed by atoms with Crippen LogP contribution in [0.25, 0.3) is 0 Å². The third-order valence-corrected chi connectivity index (χ3v) is 4.03. The van der Waals surface area contributed by atoms with E-state index in [1.807, 2.05) is 24.5 Å². The summed E-state index contributed by atoms with van der Waals surface area (Å²) < 4.78 is 5.93. The summed E-state index contributed by atoms with van der Waals surface area (Å²) in [4.78, 5) is 3.31. The van der Waals surface area contributed by atoms with Gasteiger partial charge in [0, 0.05) is 18.0 Å². The zero-order valence-electron chi connectivity index (χ0n) is 11.9. The Balaban J connectivity index is 2.39. The summed E-state index contributed by atoms with van der Waals surface area (Å²) >= 11 is 1.62. The Morgan fingerprint density at radius 3 is 2.79 bits per heavy atom. The third-order valence-electron chi connectivity index (χ3n) is 3.25. The van der Waals surface area contributed by atoms with Gasteiger partial charge in [-0.3, -0.25) is 0 Å². The fourth-order valence-corrected chi connectivity index (χ4v) is 3.27. The van der Waals surface area contributed by atoms with Crippen molar-refractivity contribution in [2.75, 3.05) is 24.2 Å². The maximum Gasteiger partial charge on any atom is 0.103 e. The van der Waals surface area contributed by atoms with E-state index in [9.17, 15) is 5.26 Å². The molecular weight excluding hydrogens is 256 g/mol. The van der Waals surface area contributed by atoms with Gasteiger partial charge in [-0.25, -0.2) is 0 Å². The van der Waals surface area contributed by atoms with Gasteiger partial charge >= 0.3 is 0 Å². The second kappa shape index (κ2) is 5.44. The highest BCUT2D eigenvalue weighted by molar-refractivity contribution is 7.98. The van der Waals surface area contributed by atoms with Gasteiger partial charge < -0.3 is 9.64 Å². The number of nitrogens with zero attached hydrogens (tertiary/aromatic N) is 2. The molecule has 4 heteroatoms. The molecule has 1 saturated heterocycles. The number of nitriles is 1. The van der Waals surface area contributed by atoms with E-state index in [-0.39, 0.29) is 11.7 Å².